The van der Waals surface area contributed by atoms with Gasteiger partial charge in [-0.1, -0.05) is 0 Å². The number of carbonyl (C=O) groups excluding carboxylic acids is 10. The smallest absolute Gasteiger partial charge is 0.246 e. The second kappa shape index (κ2) is 38.2. The number of hydrogen-bond donors (Lipinski definition) is 17. The lowest BCUT2D eigenvalue weighted by Crippen LogP contribution is -2.59. The van der Waals surface area contributed by atoms with Gasteiger partial charge in [0.1, 0.15) is 73.9 Å². The maximum absolute atomic E-state index is 13.6. The molecule has 76 heavy (non-hydrogen) atoms. The fourth-order valence-corrected chi connectivity index (χ4v) is 6.53. The third-order valence-corrected chi connectivity index (χ3v) is 10.8. The van der Waals surface area contributed by atoms with Crippen molar-refractivity contribution in [3.8, 4) is 0 Å². The van der Waals surface area contributed by atoms with Gasteiger partial charge >= 0.3 is 0 Å². The molecule has 0 aromatic rings. The van der Waals surface area contributed by atoms with Crippen LogP contribution in [0, 0.1) is 0 Å². The highest BCUT2D eigenvalue weighted by Gasteiger charge is 2.44. The van der Waals surface area contributed by atoms with Crippen LogP contribution < -0.4 is 53.6 Å². The van der Waals surface area contributed by atoms with Gasteiger partial charge in [0.15, 0.2) is 6.29 Å². The Kier molecular flexibility index (Phi) is 34.4. The van der Waals surface area contributed by atoms with Gasteiger partial charge in [-0.25, -0.2) is 0 Å². The zero-order valence-electron chi connectivity index (χ0n) is 42.7. The summed E-state index contributed by atoms with van der Waals surface area (Å²) in [5.74, 6) is -7.67. The molecule has 1 fully saturated rings. The van der Waals surface area contributed by atoms with Crippen LogP contribution >= 0.6 is 12.6 Å². The van der Waals surface area contributed by atoms with Crippen LogP contribution in [-0.2, 0) is 76.4 Å². The third-order valence-electron chi connectivity index (χ3n) is 10.5. The second-order valence-corrected chi connectivity index (χ2v) is 17.2. The molecule has 1 heterocycles. The van der Waals surface area contributed by atoms with E-state index in [2.05, 4.69) is 60.5 Å². The number of carbonyl (C=O) groups is 10. The SMILES string of the molecule is CC(=O)N[C@H](C(=O)N[C@@H](C)C(=O)N[C@@H](CCC(=O)NCCO[C@@H]1O[C@H](CO)[C@H](O)[C@H](O)[C@H]1O)C(=O)N[C@@H](C)C(=O)N[C@@H](CO)C(=O)NCCOCCOCC(=O)NCCOCCOCC(=O)N[C@@H](CS)C(N)=O)[C@@H](C)O. The molecule has 436 valence electrons. The zero-order valence-corrected chi connectivity index (χ0v) is 43.6. The molecule has 0 saturated carbocycles. The summed E-state index contributed by atoms with van der Waals surface area (Å²) >= 11 is 3.92. The molecule has 0 aromatic heterocycles. The van der Waals surface area contributed by atoms with Gasteiger partial charge in [0, 0.05) is 38.7 Å². The maximum atomic E-state index is 13.6. The minimum atomic E-state index is -1.70. The summed E-state index contributed by atoms with van der Waals surface area (Å²) in [6.07, 6.45) is -9.91. The van der Waals surface area contributed by atoms with E-state index in [0.717, 1.165) is 6.92 Å². The molecule has 1 rings (SSSR count). The number of aliphatic hydroxyl groups excluding tert-OH is 6. The van der Waals surface area contributed by atoms with E-state index in [4.69, 9.17) is 34.2 Å². The molecule has 32 nitrogen and oxygen atoms in total. The number of amides is 10. The van der Waals surface area contributed by atoms with Crippen LogP contribution in [0.15, 0.2) is 0 Å². The van der Waals surface area contributed by atoms with Crippen molar-refractivity contribution >= 4 is 71.7 Å². The van der Waals surface area contributed by atoms with Crippen LogP contribution in [-0.4, -0.2) is 261 Å². The Hall–Kier alpha value is -5.43. The minimum absolute atomic E-state index is 0.0140. The Bertz CT molecular complexity index is 1860. The first kappa shape index (κ1) is 68.6. The van der Waals surface area contributed by atoms with E-state index in [-0.39, 0.29) is 84.8 Å². The normalized spacial score (nSPS) is 19.9. The lowest BCUT2D eigenvalue weighted by molar-refractivity contribution is -0.300. The van der Waals surface area contributed by atoms with Gasteiger partial charge in [0.2, 0.25) is 59.1 Å². The summed E-state index contributed by atoms with van der Waals surface area (Å²) in [5, 5.41) is 80.7. The fourth-order valence-electron chi connectivity index (χ4n) is 6.26. The molecule has 0 spiro atoms. The molecular weight excluding hydrogens is 1040 g/mol. The summed E-state index contributed by atoms with van der Waals surface area (Å²) < 4.78 is 31.6. The van der Waals surface area contributed by atoms with E-state index in [1.54, 1.807) is 0 Å². The standard InChI is InChI=1S/C43H76N10O22S/c1-22(39(66)53-27(17-54)40(67)47-8-11-71-13-15-72-19-31(59)46-7-10-70-14-16-73-20-32(60)51-28(21-76)37(44)64)48-41(68)26(52-38(65)23(2)49-42(69)33(24(3)56)50-25(4)57)5-6-30(58)45-9-12-74-43-36(63)35(62)34(61)29(18-55)75-43/h22-24,26-29,33-36,43,54-56,61-63,76H,5-21H2,1-4H3,(H2,44,64)(H,45,58)(H,46,59)(H,47,67)(H,48,68)(H,49,69)(H,50,57)(H,51,60)(H,52,65)(H,53,66)/t22-,23-,24+,26-,27-,28-,29+,33-,34-,35-,36+,43+/m0/s1. The summed E-state index contributed by atoms with van der Waals surface area (Å²) in [5.41, 5.74) is 5.13. The predicted molar refractivity (Wildman–Crippen MR) is 262 cm³/mol. The molecule has 1 aliphatic heterocycles. The van der Waals surface area contributed by atoms with E-state index < -0.39 is 158 Å². The van der Waals surface area contributed by atoms with Crippen LogP contribution in [0.25, 0.3) is 0 Å². The first-order valence-electron chi connectivity index (χ1n) is 24.0. The molecular formula is C43H76N10O22S. The van der Waals surface area contributed by atoms with Crippen molar-refractivity contribution in [1.29, 1.82) is 0 Å². The largest absolute Gasteiger partial charge is 0.394 e. The average Bonchev–Trinajstić information content (AvgIpc) is 3.37. The van der Waals surface area contributed by atoms with Crippen molar-refractivity contribution in [1.82, 2.24) is 47.9 Å². The van der Waals surface area contributed by atoms with Crippen molar-refractivity contribution in [2.24, 2.45) is 5.73 Å². The maximum Gasteiger partial charge on any atom is 0.246 e. The van der Waals surface area contributed by atoms with Crippen molar-refractivity contribution in [2.45, 2.75) is 114 Å². The highest BCUT2D eigenvalue weighted by molar-refractivity contribution is 7.80. The molecule has 33 heteroatoms. The first-order chi connectivity index (χ1) is 36.0. The predicted octanol–water partition coefficient (Wildman–Crippen LogP) is -10.2. The van der Waals surface area contributed by atoms with E-state index >= 15 is 0 Å². The van der Waals surface area contributed by atoms with E-state index in [1.165, 1.54) is 20.8 Å². The average molecular weight is 1120 g/mol. The summed E-state index contributed by atoms with van der Waals surface area (Å²) in [4.78, 5) is 125. The zero-order chi connectivity index (χ0) is 57.3. The van der Waals surface area contributed by atoms with Gasteiger partial charge in [-0.3, -0.25) is 47.9 Å². The molecule has 0 radical (unpaired) electrons. The Balaban J connectivity index is 2.61. The molecule has 17 N–H and O–H groups in total. The van der Waals surface area contributed by atoms with Crippen LogP contribution in [0.4, 0.5) is 0 Å². The van der Waals surface area contributed by atoms with Crippen molar-refractivity contribution in [2.75, 3.05) is 98.1 Å². The minimum Gasteiger partial charge on any atom is -0.394 e. The first-order valence-corrected chi connectivity index (χ1v) is 24.6. The van der Waals surface area contributed by atoms with Crippen molar-refractivity contribution in [3.05, 3.63) is 0 Å². The van der Waals surface area contributed by atoms with E-state index in [9.17, 15) is 78.6 Å². The van der Waals surface area contributed by atoms with Gasteiger partial charge in [0.25, 0.3) is 0 Å². The number of ether oxygens (including phenoxy) is 6. The molecule has 10 amide bonds. The van der Waals surface area contributed by atoms with Crippen LogP contribution in [0.2, 0.25) is 0 Å². The molecule has 0 aromatic carbocycles. The molecule has 0 bridgehead atoms. The van der Waals surface area contributed by atoms with Crippen molar-refractivity contribution < 1.29 is 107 Å². The highest BCUT2D eigenvalue weighted by Crippen LogP contribution is 2.21. The van der Waals surface area contributed by atoms with Crippen LogP contribution in [0.3, 0.4) is 0 Å². The van der Waals surface area contributed by atoms with Gasteiger partial charge in [0.05, 0.1) is 65.6 Å². The topological polar surface area (TPSA) is 482 Å². The monoisotopic (exact) mass is 1120 g/mol. The third kappa shape index (κ3) is 27.6. The number of hydrogen-bond acceptors (Lipinski definition) is 23. The van der Waals surface area contributed by atoms with Gasteiger partial charge in [-0.2, -0.15) is 12.6 Å². The quantitative estimate of drug-likeness (QED) is 0.0201. The highest BCUT2D eigenvalue weighted by atomic mass is 32.1. The summed E-state index contributed by atoms with van der Waals surface area (Å²) in [6.45, 7) is 2.57. The summed E-state index contributed by atoms with van der Waals surface area (Å²) in [7, 11) is 0. The van der Waals surface area contributed by atoms with Gasteiger partial charge in [-0.15, -0.1) is 0 Å². The molecule has 1 aliphatic rings. The molecule has 1 saturated heterocycles. The number of nitrogens with two attached hydrogens (primary N) is 1. The molecule has 12 atom stereocenters. The lowest BCUT2D eigenvalue weighted by Gasteiger charge is -2.39. The lowest BCUT2D eigenvalue weighted by atomic mass is 9.99. The van der Waals surface area contributed by atoms with Crippen LogP contribution in [0.1, 0.15) is 40.5 Å². The Morgan fingerprint density at radius 3 is 1.64 bits per heavy atom. The number of aliphatic hydroxyl groups is 6. The number of primary amides is 1. The number of thiol groups is 1. The van der Waals surface area contributed by atoms with E-state index in [1.807, 2.05) is 0 Å². The molecule has 0 aliphatic carbocycles. The number of rotatable bonds is 39. The van der Waals surface area contributed by atoms with Crippen molar-refractivity contribution in [3.63, 3.8) is 0 Å². The van der Waals surface area contributed by atoms with Gasteiger partial charge in [-0.05, 0) is 27.2 Å². The molecule has 0 unspecified atom stereocenters. The Labute approximate surface area is 443 Å². The van der Waals surface area contributed by atoms with Crippen LogP contribution in [0.5, 0.6) is 0 Å². The summed E-state index contributed by atoms with van der Waals surface area (Å²) in [6, 6.07) is -8.20. The Morgan fingerprint density at radius 1 is 0.579 bits per heavy atom. The Morgan fingerprint density at radius 2 is 1.11 bits per heavy atom. The van der Waals surface area contributed by atoms with Gasteiger partial charge < -0.3 is 113 Å². The van der Waals surface area contributed by atoms with E-state index in [0.29, 0.717) is 0 Å². The second-order valence-electron chi connectivity index (χ2n) is 16.8. The fraction of sp³-hybridized carbons (Fsp3) is 0.767. The number of nitrogens with one attached hydrogen (secondary N) is 9.